The average Bonchev–Trinajstić information content (AvgIpc) is 3.09. The van der Waals surface area contributed by atoms with Gasteiger partial charge >= 0.3 is 12.1 Å². The minimum absolute atomic E-state index is 0.0453. The number of rotatable bonds is 12. The van der Waals surface area contributed by atoms with Gasteiger partial charge in [-0.15, -0.1) is 11.8 Å². The van der Waals surface area contributed by atoms with E-state index < -0.39 is 18.4 Å². The van der Waals surface area contributed by atoms with E-state index in [1.807, 2.05) is 72.8 Å². The number of carbonyl (C=O) groups excluding carboxylic acids is 1. The number of nitrogens with one attached hydrogen (secondary N) is 1. The van der Waals surface area contributed by atoms with Gasteiger partial charge in [-0.05, 0) is 46.0 Å². The SMILES string of the molecule is C=CCOC(=O)NCc1cccc(-c2ccc(C3OC(CSc4ncccc4C(=O)O)C(C)C(c4ccc(CO)cc4)O3)cc2)c1. The van der Waals surface area contributed by atoms with E-state index in [0.29, 0.717) is 17.3 Å². The van der Waals surface area contributed by atoms with Crippen LogP contribution in [0.5, 0.6) is 0 Å². The Hall–Kier alpha value is -4.48. The molecule has 1 aromatic heterocycles. The summed E-state index contributed by atoms with van der Waals surface area (Å²) in [4.78, 5) is 27.9. The molecule has 1 aliphatic rings. The Morgan fingerprint density at radius 3 is 2.46 bits per heavy atom. The molecule has 4 aromatic rings. The predicted molar refractivity (Wildman–Crippen MR) is 175 cm³/mol. The van der Waals surface area contributed by atoms with E-state index >= 15 is 0 Å². The number of aromatic nitrogens is 1. The molecule has 1 saturated heterocycles. The molecule has 0 radical (unpaired) electrons. The molecule has 2 heterocycles. The minimum atomic E-state index is -1.02. The topological polar surface area (TPSA) is 127 Å². The zero-order chi connectivity index (χ0) is 32.5. The van der Waals surface area contributed by atoms with Gasteiger partial charge in [-0.2, -0.15) is 0 Å². The number of alkyl carbamates (subject to hydrolysis) is 1. The molecule has 0 aliphatic carbocycles. The van der Waals surface area contributed by atoms with Crippen molar-refractivity contribution >= 4 is 23.8 Å². The lowest BCUT2D eigenvalue weighted by atomic mass is 9.91. The number of hydrogen-bond donors (Lipinski definition) is 3. The van der Waals surface area contributed by atoms with E-state index in [1.54, 1.807) is 18.3 Å². The number of aromatic carboxylic acids is 1. The molecule has 9 nitrogen and oxygen atoms in total. The Kier molecular flexibility index (Phi) is 11.2. The molecular formula is C36H36N2O7S. The molecule has 10 heteroatoms. The van der Waals surface area contributed by atoms with Crippen LogP contribution in [0.15, 0.2) is 109 Å². The van der Waals surface area contributed by atoms with Crippen molar-refractivity contribution in [3.8, 4) is 11.1 Å². The molecule has 0 spiro atoms. The minimum Gasteiger partial charge on any atom is -0.478 e. The van der Waals surface area contributed by atoms with Gasteiger partial charge in [0.1, 0.15) is 11.6 Å². The molecule has 1 fully saturated rings. The number of carbonyl (C=O) groups is 2. The van der Waals surface area contributed by atoms with Gasteiger partial charge in [0.05, 0.1) is 24.4 Å². The summed E-state index contributed by atoms with van der Waals surface area (Å²) in [6, 6.07) is 26.7. The van der Waals surface area contributed by atoms with Gasteiger partial charge in [0.25, 0.3) is 0 Å². The van der Waals surface area contributed by atoms with Crippen molar-refractivity contribution in [1.82, 2.24) is 10.3 Å². The van der Waals surface area contributed by atoms with Gasteiger partial charge in [-0.1, -0.05) is 86.3 Å². The first-order valence-corrected chi connectivity index (χ1v) is 15.9. The van der Waals surface area contributed by atoms with E-state index in [4.69, 9.17) is 14.2 Å². The van der Waals surface area contributed by atoms with Crippen molar-refractivity contribution < 1.29 is 34.0 Å². The lowest BCUT2D eigenvalue weighted by Crippen LogP contribution is -2.38. The van der Waals surface area contributed by atoms with Crippen LogP contribution in [0.1, 0.15) is 51.9 Å². The van der Waals surface area contributed by atoms with E-state index in [1.165, 1.54) is 17.8 Å². The number of nitrogens with zero attached hydrogens (tertiary/aromatic N) is 1. The molecule has 3 aromatic carbocycles. The van der Waals surface area contributed by atoms with E-state index in [-0.39, 0.29) is 36.9 Å². The molecule has 1 aliphatic heterocycles. The predicted octanol–water partition coefficient (Wildman–Crippen LogP) is 6.94. The number of amides is 1. The number of benzene rings is 3. The molecule has 4 unspecified atom stereocenters. The lowest BCUT2D eigenvalue weighted by Gasteiger charge is -2.41. The monoisotopic (exact) mass is 640 g/mol. The Labute approximate surface area is 272 Å². The Morgan fingerprint density at radius 2 is 1.74 bits per heavy atom. The third-order valence-corrected chi connectivity index (χ3v) is 8.82. The Morgan fingerprint density at radius 1 is 0.978 bits per heavy atom. The smallest absolute Gasteiger partial charge is 0.407 e. The zero-order valence-corrected chi connectivity index (χ0v) is 26.2. The van der Waals surface area contributed by atoms with Crippen LogP contribution in [-0.2, 0) is 27.4 Å². The van der Waals surface area contributed by atoms with Crippen LogP contribution in [0, 0.1) is 5.92 Å². The summed E-state index contributed by atoms with van der Waals surface area (Å²) in [6.07, 6.45) is 1.35. The molecule has 46 heavy (non-hydrogen) atoms. The number of hydrogen-bond acceptors (Lipinski definition) is 8. The van der Waals surface area contributed by atoms with Crippen LogP contribution < -0.4 is 5.32 Å². The molecule has 3 N–H and O–H groups in total. The molecule has 5 rings (SSSR count). The second-order valence-corrected chi connectivity index (χ2v) is 11.9. The van der Waals surface area contributed by atoms with Crippen LogP contribution in [-0.4, -0.2) is 45.7 Å². The van der Waals surface area contributed by atoms with Gasteiger partial charge in [-0.3, -0.25) is 0 Å². The highest BCUT2D eigenvalue weighted by atomic mass is 32.2. The van der Waals surface area contributed by atoms with Crippen molar-refractivity contribution in [2.45, 2.75) is 43.6 Å². The highest BCUT2D eigenvalue weighted by Gasteiger charge is 2.38. The van der Waals surface area contributed by atoms with Crippen LogP contribution in [0.3, 0.4) is 0 Å². The summed E-state index contributed by atoms with van der Waals surface area (Å²) < 4.78 is 18.1. The molecule has 4 atom stereocenters. The first-order chi connectivity index (χ1) is 22.4. The maximum Gasteiger partial charge on any atom is 0.407 e. The Balaban J connectivity index is 1.34. The lowest BCUT2D eigenvalue weighted by molar-refractivity contribution is -0.268. The number of pyridine rings is 1. The maximum absolute atomic E-state index is 11.8. The second kappa shape index (κ2) is 15.7. The summed E-state index contributed by atoms with van der Waals surface area (Å²) >= 11 is 1.35. The van der Waals surface area contributed by atoms with Crippen molar-refractivity contribution in [2.24, 2.45) is 5.92 Å². The number of carboxylic acid groups (broad SMARTS) is 1. The maximum atomic E-state index is 11.8. The van der Waals surface area contributed by atoms with Crippen molar-refractivity contribution in [3.63, 3.8) is 0 Å². The molecular weight excluding hydrogens is 604 g/mol. The van der Waals surface area contributed by atoms with E-state index in [9.17, 15) is 19.8 Å². The number of ether oxygens (including phenoxy) is 3. The quantitative estimate of drug-likeness (QED) is 0.112. The van der Waals surface area contributed by atoms with Gasteiger partial charge in [0, 0.05) is 30.0 Å². The zero-order valence-electron chi connectivity index (χ0n) is 25.4. The summed E-state index contributed by atoms with van der Waals surface area (Å²) in [5, 5.41) is 22.3. The van der Waals surface area contributed by atoms with Crippen LogP contribution in [0.4, 0.5) is 4.79 Å². The second-order valence-electron chi connectivity index (χ2n) is 10.9. The van der Waals surface area contributed by atoms with Crippen LogP contribution >= 0.6 is 11.8 Å². The van der Waals surface area contributed by atoms with Crippen molar-refractivity contribution in [3.05, 3.63) is 132 Å². The molecule has 238 valence electrons. The normalized spacial score (nSPS) is 19.3. The largest absolute Gasteiger partial charge is 0.478 e. The fourth-order valence-electron chi connectivity index (χ4n) is 5.19. The van der Waals surface area contributed by atoms with Gasteiger partial charge in [0.15, 0.2) is 6.29 Å². The van der Waals surface area contributed by atoms with Gasteiger partial charge in [0.2, 0.25) is 0 Å². The summed E-state index contributed by atoms with van der Waals surface area (Å²) in [5.74, 6) is -0.613. The Bertz CT molecular complexity index is 1650. The van der Waals surface area contributed by atoms with Crippen LogP contribution in [0.25, 0.3) is 11.1 Å². The van der Waals surface area contributed by atoms with Crippen LogP contribution in [0.2, 0.25) is 0 Å². The van der Waals surface area contributed by atoms with Gasteiger partial charge < -0.3 is 29.7 Å². The standard InChI is InChI=1S/C36H36N2O7S/c1-3-18-43-36(42)38-20-25-6-4-7-29(19-25)26-13-15-28(16-14-26)35-44-31(22-46-33-30(34(40)41)8-5-17-37-33)23(2)32(45-35)27-11-9-24(21-39)10-12-27/h3-17,19,23,31-32,35,39H,1,18,20-22H2,2H3,(H,38,42)(H,40,41). The average molecular weight is 641 g/mol. The fraction of sp³-hybridized carbons (Fsp3) is 0.250. The summed E-state index contributed by atoms with van der Waals surface area (Å²) in [5.41, 5.74) is 5.68. The highest BCUT2D eigenvalue weighted by Crippen LogP contribution is 2.43. The van der Waals surface area contributed by atoms with Crippen molar-refractivity contribution in [2.75, 3.05) is 12.4 Å². The molecule has 1 amide bonds. The summed E-state index contributed by atoms with van der Waals surface area (Å²) in [7, 11) is 0. The number of aliphatic hydroxyl groups excluding tert-OH is 1. The molecule has 0 bridgehead atoms. The first-order valence-electron chi connectivity index (χ1n) is 14.9. The first kappa shape index (κ1) is 32.9. The van der Waals surface area contributed by atoms with Crippen molar-refractivity contribution in [1.29, 1.82) is 0 Å². The molecule has 0 saturated carbocycles. The highest BCUT2D eigenvalue weighted by molar-refractivity contribution is 7.99. The summed E-state index contributed by atoms with van der Waals surface area (Å²) in [6.45, 7) is 6.04. The fourth-order valence-corrected chi connectivity index (χ4v) is 6.34. The third kappa shape index (κ3) is 8.21. The number of aliphatic hydroxyl groups is 1. The van der Waals surface area contributed by atoms with Gasteiger partial charge in [-0.25, -0.2) is 14.6 Å². The van der Waals surface area contributed by atoms with E-state index in [2.05, 4.69) is 23.8 Å². The number of carboxylic acids is 1. The third-order valence-electron chi connectivity index (χ3n) is 7.72. The van der Waals surface area contributed by atoms with E-state index in [0.717, 1.165) is 33.4 Å². The number of thioether (sulfide) groups is 1.